The van der Waals surface area contributed by atoms with E-state index in [1.807, 2.05) is 30.0 Å². The van der Waals surface area contributed by atoms with E-state index in [1.54, 1.807) is 6.20 Å². The number of H-pyrrole nitrogens is 1. The summed E-state index contributed by atoms with van der Waals surface area (Å²) >= 11 is 0. The van der Waals surface area contributed by atoms with Gasteiger partial charge in [0.25, 0.3) is 5.91 Å². The molecule has 0 spiro atoms. The van der Waals surface area contributed by atoms with Crippen LogP contribution in [0.5, 0.6) is 0 Å². The van der Waals surface area contributed by atoms with E-state index in [0.29, 0.717) is 5.92 Å². The van der Waals surface area contributed by atoms with Crippen molar-refractivity contribution in [2.45, 2.75) is 25.8 Å². The highest BCUT2D eigenvalue weighted by Crippen LogP contribution is 2.22. The van der Waals surface area contributed by atoms with Gasteiger partial charge >= 0.3 is 0 Å². The Morgan fingerprint density at radius 3 is 2.90 bits per heavy atom. The van der Waals surface area contributed by atoms with Crippen molar-refractivity contribution in [3.8, 4) is 0 Å². The first-order chi connectivity index (χ1) is 9.65. The van der Waals surface area contributed by atoms with Gasteiger partial charge in [0.1, 0.15) is 0 Å². The summed E-state index contributed by atoms with van der Waals surface area (Å²) in [4.78, 5) is 14.4. The molecule has 2 aromatic rings. The summed E-state index contributed by atoms with van der Waals surface area (Å²) in [6.07, 6.45) is 3.75. The number of nitrogens with two attached hydrogens (primary N) is 1. The van der Waals surface area contributed by atoms with Crippen molar-refractivity contribution in [2.75, 3.05) is 13.1 Å². The SMILES string of the molecule is CC(N)C1CCN(C(=O)c2ccc3cn[nH]c3c2)CC1. The van der Waals surface area contributed by atoms with Crippen LogP contribution < -0.4 is 5.73 Å². The lowest BCUT2D eigenvalue weighted by Gasteiger charge is -2.33. The maximum Gasteiger partial charge on any atom is 0.253 e. The fourth-order valence-corrected chi connectivity index (χ4v) is 2.88. The monoisotopic (exact) mass is 272 g/mol. The van der Waals surface area contributed by atoms with Crippen LogP contribution in [0.4, 0.5) is 0 Å². The first kappa shape index (κ1) is 13.1. The van der Waals surface area contributed by atoms with Gasteiger partial charge in [-0.15, -0.1) is 0 Å². The quantitative estimate of drug-likeness (QED) is 0.874. The molecule has 1 unspecified atom stereocenters. The molecule has 20 heavy (non-hydrogen) atoms. The second-order valence-electron chi connectivity index (χ2n) is 5.66. The van der Waals surface area contributed by atoms with Gasteiger partial charge in [0.05, 0.1) is 11.7 Å². The number of benzene rings is 1. The number of likely N-dealkylation sites (tertiary alicyclic amines) is 1. The van der Waals surface area contributed by atoms with Gasteiger partial charge in [-0.25, -0.2) is 0 Å². The minimum absolute atomic E-state index is 0.102. The molecule has 0 saturated carbocycles. The molecule has 3 rings (SSSR count). The van der Waals surface area contributed by atoms with Crippen molar-refractivity contribution >= 4 is 16.8 Å². The molecule has 1 aliphatic rings. The zero-order chi connectivity index (χ0) is 14.1. The highest BCUT2D eigenvalue weighted by molar-refractivity contribution is 5.97. The Kier molecular flexibility index (Phi) is 3.44. The summed E-state index contributed by atoms with van der Waals surface area (Å²) in [5.74, 6) is 0.638. The van der Waals surface area contributed by atoms with Gasteiger partial charge in [0.2, 0.25) is 0 Å². The van der Waals surface area contributed by atoms with Crippen molar-refractivity contribution in [3.05, 3.63) is 30.0 Å². The van der Waals surface area contributed by atoms with Crippen molar-refractivity contribution in [1.29, 1.82) is 0 Å². The summed E-state index contributed by atoms with van der Waals surface area (Å²) < 4.78 is 0. The number of piperidine rings is 1. The molecule has 1 atom stereocenters. The molecule has 0 radical (unpaired) electrons. The summed E-state index contributed by atoms with van der Waals surface area (Å²) in [5.41, 5.74) is 7.56. The zero-order valence-corrected chi connectivity index (χ0v) is 11.7. The van der Waals surface area contributed by atoms with E-state index in [4.69, 9.17) is 5.73 Å². The first-order valence-corrected chi connectivity index (χ1v) is 7.13. The minimum atomic E-state index is 0.102. The van der Waals surface area contributed by atoms with E-state index in [9.17, 15) is 4.79 Å². The highest BCUT2D eigenvalue weighted by Gasteiger charge is 2.25. The van der Waals surface area contributed by atoms with E-state index >= 15 is 0 Å². The lowest BCUT2D eigenvalue weighted by molar-refractivity contribution is 0.0681. The third-order valence-electron chi connectivity index (χ3n) is 4.26. The summed E-state index contributed by atoms with van der Waals surface area (Å²) in [5, 5.41) is 7.91. The summed E-state index contributed by atoms with van der Waals surface area (Å²) in [7, 11) is 0. The largest absolute Gasteiger partial charge is 0.339 e. The molecule has 1 aliphatic heterocycles. The number of amides is 1. The van der Waals surface area contributed by atoms with E-state index in [-0.39, 0.29) is 11.9 Å². The maximum atomic E-state index is 12.5. The molecule has 106 valence electrons. The van der Waals surface area contributed by atoms with Crippen LogP contribution in [0.25, 0.3) is 10.9 Å². The number of rotatable bonds is 2. The zero-order valence-electron chi connectivity index (χ0n) is 11.7. The average molecular weight is 272 g/mol. The number of hydrogen-bond donors (Lipinski definition) is 2. The Morgan fingerprint density at radius 1 is 1.45 bits per heavy atom. The average Bonchev–Trinajstić information content (AvgIpc) is 2.94. The minimum Gasteiger partial charge on any atom is -0.339 e. The van der Waals surface area contributed by atoms with Gasteiger partial charge in [0.15, 0.2) is 0 Å². The van der Waals surface area contributed by atoms with Crippen LogP contribution >= 0.6 is 0 Å². The van der Waals surface area contributed by atoms with E-state index in [1.165, 1.54) is 0 Å². The van der Waals surface area contributed by atoms with Crippen LogP contribution in [-0.2, 0) is 0 Å². The second kappa shape index (κ2) is 5.25. The molecular weight excluding hydrogens is 252 g/mol. The number of hydrogen-bond acceptors (Lipinski definition) is 3. The fraction of sp³-hybridized carbons (Fsp3) is 0.467. The van der Waals surface area contributed by atoms with E-state index in [0.717, 1.165) is 42.4 Å². The standard InChI is InChI=1S/C15H20N4O/c1-10(16)11-4-6-19(7-5-11)15(20)12-2-3-13-9-17-18-14(13)8-12/h2-3,8-11H,4-7,16H2,1H3,(H,17,18). The van der Waals surface area contributed by atoms with Crippen molar-refractivity contribution in [3.63, 3.8) is 0 Å². The van der Waals surface area contributed by atoms with E-state index in [2.05, 4.69) is 10.2 Å². The Morgan fingerprint density at radius 2 is 2.20 bits per heavy atom. The number of fused-ring (bicyclic) bond motifs is 1. The molecule has 1 amide bonds. The molecule has 1 aromatic carbocycles. The van der Waals surface area contributed by atoms with Gasteiger partial charge in [-0.05, 0) is 37.8 Å². The Balaban J connectivity index is 1.73. The number of carbonyl (C=O) groups is 1. The molecular formula is C15H20N4O. The van der Waals surface area contributed by atoms with Crippen LogP contribution in [0.3, 0.4) is 0 Å². The fourth-order valence-electron chi connectivity index (χ4n) is 2.88. The molecule has 3 N–H and O–H groups in total. The molecule has 1 fully saturated rings. The molecule has 2 heterocycles. The number of aromatic amines is 1. The van der Waals surface area contributed by atoms with Gasteiger partial charge in [-0.3, -0.25) is 9.89 Å². The Labute approximate surface area is 118 Å². The molecule has 5 heteroatoms. The molecule has 5 nitrogen and oxygen atoms in total. The normalized spacial score (nSPS) is 18.4. The number of aromatic nitrogens is 2. The van der Waals surface area contributed by atoms with Gasteiger partial charge in [0, 0.05) is 30.1 Å². The molecule has 1 saturated heterocycles. The van der Waals surface area contributed by atoms with Crippen LogP contribution in [0.2, 0.25) is 0 Å². The Bertz CT molecular complexity index is 611. The summed E-state index contributed by atoms with van der Waals surface area (Å²) in [6.45, 7) is 3.65. The predicted octanol–water partition coefficient (Wildman–Crippen LogP) is 1.76. The second-order valence-corrected chi connectivity index (χ2v) is 5.66. The predicted molar refractivity (Wildman–Crippen MR) is 78.4 cm³/mol. The van der Waals surface area contributed by atoms with E-state index < -0.39 is 0 Å². The van der Waals surface area contributed by atoms with Crippen molar-refractivity contribution < 1.29 is 4.79 Å². The third-order valence-corrected chi connectivity index (χ3v) is 4.26. The smallest absolute Gasteiger partial charge is 0.253 e. The lowest BCUT2D eigenvalue weighted by atomic mass is 9.90. The highest BCUT2D eigenvalue weighted by atomic mass is 16.2. The van der Waals surface area contributed by atoms with Crippen LogP contribution in [0.1, 0.15) is 30.1 Å². The molecule has 0 bridgehead atoms. The van der Waals surface area contributed by atoms with Crippen molar-refractivity contribution in [1.82, 2.24) is 15.1 Å². The van der Waals surface area contributed by atoms with Crippen molar-refractivity contribution in [2.24, 2.45) is 11.7 Å². The van der Waals surface area contributed by atoms with Crippen LogP contribution in [-0.4, -0.2) is 40.1 Å². The molecule has 1 aromatic heterocycles. The van der Waals surface area contributed by atoms with Crippen LogP contribution in [0.15, 0.2) is 24.4 Å². The van der Waals surface area contributed by atoms with Crippen LogP contribution in [0, 0.1) is 5.92 Å². The van der Waals surface area contributed by atoms with Gasteiger partial charge in [-0.2, -0.15) is 5.10 Å². The number of carbonyl (C=O) groups excluding carboxylic acids is 1. The van der Waals surface area contributed by atoms with Gasteiger partial charge < -0.3 is 10.6 Å². The lowest BCUT2D eigenvalue weighted by Crippen LogP contribution is -2.42. The third kappa shape index (κ3) is 2.41. The van der Waals surface area contributed by atoms with Gasteiger partial charge in [-0.1, -0.05) is 6.07 Å². The number of nitrogens with one attached hydrogen (secondary N) is 1. The topological polar surface area (TPSA) is 75.0 Å². The first-order valence-electron chi connectivity index (χ1n) is 7.13. The maximum absolute atomic E-state index is 12.5. The number of nitrogens with zero attached hydrogens (tertiary/aromatic N) is 2. The molecule has 0 aliphatic carbocycles. The Hall–Kier alpha value is -1.88. The summed E-state index contributed by atoms with van der Waals surface area (Å²) in [6, 6.07) is 5.90.